The van der Waals surface area contributed by atoms with Crippen molar-refractivity contribution in [1.29, 1.82) is 0 Å². The molecule has 10 nitrogen and oxygen atoms in total. The fourth-order valence-electron chi connectivity index (χ4n) is 6.98. The number of phenols is 1. The van der Waals surface area contributed by atoms with Crippen molar-refractivity contribution in [1.82, 2.24) is 10.2 Å². The largest absolute Gasteiger partial charge is 0.510 e. The SMILES string of the molecule is CN(C)[C@@H]1C(O)=C(C(N)=O)C(=O)[C@@]2(O)C(O)=C3C(=O)c4c(O)cc(CNCC(C)(C)c5ccccc5)c(Cl)c4C[C@H]3C[C@@H]12. The third kappa shape index (κ3) is 4.73. The van der Waals surface area contributed by atoms with Crippen LogP contribution in [-0.4, -0.2) is 75.1 Å². The van der Waals surface area contributed by atoms with Gasteiger partial charge in [0, 0.05) is 35.0 Å². The van der Waals surface area contributed by atoms with Crippen LogP contribution in [0.15, 0.2) is 59.1 Å². The van der Waals surface area contributed by atoms with Crippen LogP contribution in [0.4, 0.5) is 0 Å². The van der Waals surface area contributed by atoms with Crippen LogP contribution < -0.4 is 11.1 Å². The molecule has 0 saturated heterocycles. The molecule has 3 aliphatic rings. The Bertz CT molecular complexity index is 1600. The van der Waals surface area contributed by atoms with Crippen molar-refractivity contribution in [2.75, 3.05) is 20.6 Å². The number of nitrogens with one attached hydrogen (secondary N) is 1. The first kappa shape index (κ1) is 30.7. The quantitative estimate of drug-likeness (QED) is 0.258. The summed E-state index contributed by atoms with van der Waals surface area (Å²) >= 11 is 6.85. The van der Waals surface area contributed by atoms with E-state index in [-0.39, 0.29) is 35.1 Å². The lowest BCUT2D eigenvalue weighted by Crippen LogP contribution is -2.63. The van der Waals surface area contributed by atoms with Crippen LogP contribution in [0.5, 0.6) is 5.75 Å². The van der Waals surface area contributed by atoms with Crippen molar-refractivity contribution in [2.24, 2.45) is 17.6 Å². The number of aliphatic hydroxyl groups is 3. The number of primary amides is 1. The normalized spacial score (nSPS) is 25.5. The van der Waals surface area contributed by atoms with E-state index in [0.29, 0.717) is 29.2 Å². The van der Waals surface area contributed by atoms with Crippen molar-refractivity contribution in [3.8, 4) is 5.75 Å². The van der Waals surface area contributed by atoms with E-state index in [1.165, 1.54) is 11.0 Å². The first-order chi connectivity index (χ1) is 20.1. The van der Waals surface area contributed by atoms with Crippen molar-refractivity contribution in [3.63, 3.8) is 0 Å². The van der Waals surface area contributed by atoms with E-state index >= 15 is 0 Å². The average molecular weight is 610 g/mol. The van der Waals surface area contributed by atoms with E-state index in [2.05, 4.69) is 31.3 Å². The summed E-state index contributed by atoms with van der Waals surface area (Å²) < 4.78 is 0. The summed E-state index contributed by atoms with van der Waals surface area (Å²) in [4.78, 5) is 40.9. The molecule has 0 radical (unpaired) electrons. The Labute approximate surface area is 254 Å². The third-order valence-electron chi connectivity index (χ3n) is 9.17. The number of aromatic hydroxyl groups is 1. The molecule has 5 rings (SSSR count). The minimum atomic E-state index is -2.68. The number of likely N-dealkylation sites (N-methyl/N-ethyl adjacent to an activating group) is 1. The van der Waals surface area contributed by atoms with Gasteiger partial charge in [-0.15, -0.1) is 0 Å². The highest BCUT2D eigenvalue weighted by molar-refractivity contribution is 6.33. The third-order valence-corrected chi connectivity index (χ3v) is 9.64. The predicted molar refractivity (Wildman–Crippen MR) is 160 cm³/mol. The van der Waals surface area contributed by atoms with Gasteiger partial charge in [0.25, 0.3) is 5.91 Å². The van der Waals surface area contributed by atoms with Crippen LogP contribution in [-0.2, 0) is 28.0 Å². The standard InChI is InChI=1S/C32H36ClN3O7/c1-31(2,17-8-6-5-7-9-17)14-35-13-16-12-20(37)22-18(24(16)33)10-15-11-19-25(36(3)4)27(39)23(30(34)42)29(41)32(19,43)28(40)21(15)26(22)38/h5-9,12,15,19,25,35,37,39-40,43H,10-11,13-14H2,1-4H3,(H2,34,42)/t15-,19-,25-,32-/m0/s1. The lowest BCUT2D eigenvalue weighted by molar-refractivity contribution is -0.148. The van der Waals surface area contributed by atoms with Crippen molar-refractivity contribution < 1.29 is 34.8 Å². The van der Waals surface area contributed by atoms with Gasteiger partial charge >= 0.3 is 0 Å². The molecule has 0 aromatic heterocycles. The van der Waals surface area contributed by atoms with E-state index in [1.807, 2.05) is 18.2 Å². The number of carbonyl (C=O) groups is 3. The second-order valence-corrected chi connectivity index (χ2v) is 12.9. The highest BCUT2D eigenvalue weighted by Gasteiger charge is 2.63. The second-order valence-electron chi connectivity index (χ2n) is 12.5. The van der Waals surface area contributed by atoms with Gasteiger partial charge in [-0.1, -0.05) is 55.8 Å². The summed E-state index contributed by atoms with van der Waals surface area (Å²) in [6.45, 7) is 5.15. The molecule has 11 heteroatoms. The van der Waals surface area contributed by atoms with E-state index in [1.54, 1.807) is 14.1 Å². The van der Waals surface area contributed by atoms with Crippen LogP contribution in [0.2, 0.25) is 5.02 Å². The molecule has 0 fully saturated rings. The number of allylic oxidation sites excluding steroid dienone is 1. The van der Waals surface area contributed by atoms with E-state index in [9.17, 15) is 34.8 Å². The predicted octanol–water partition coefficient (Wildman–Crippen LogP) is 2.84. The summed E-state index contributed by atoms with van der Waals surface area (Å²) in [5.74, 6) is -6.96. The highest BCUT2D eigenvalue weighted by Crippen LogP contribution is 2.53. The second kappa shape index (κ2) is 10.8. The number of aliphatic hydroxyl groups excluding tert-OH is 2. The van der Waals surface area contributed by atoms with Crippen molar-refractivity contribution in [3.05, 3.63) is 86.3 Å². The lowest BCUT2D eigenvalue weighted by Gasteiger charge is -2.50. The molecule has 43 heavy (non-hydrogen) atoms. The summed E-state index contributed by atoms with van der Waals surface area (Å²) in [5, 5.41) is 48.7. The maximum atomic E-state index is 13.8. The number of benzene rings is 2. The molecule has 3 aliphatic carbocycles. The van der Waals surface area contributed by atoms with Crippen molar-refractivity contribution in [2.45, 2.75) is 50.3 Å². The van der Waals surface area contributed by atoms with Crippen LogP contribution in [0, 0.1) is 11.8 Å². The number of amides is 1. The minimum Gasteiger partial charge on any atom is -0.510 e. The van der Waals surface area contributed by atoms with E-state index in [0.717, 1.165) is 5.56 Å². The van der Waals surface area contributed by atoms with Gasteiger partial charge in [-0.3, -0.25) is 19.3 Å². The van der Waals surface area contributed by atoms with Crippen LogP contribution in [0.25, 0.3) is 0 Å². The molecule has 2 aromatic rings. The van der Waals surface area contributed by atoms with Gasteiger partial charge in [-0.05, 0) is 55.6 Å². The zero-order chi connectivity index (χ0) is 31.6. The summed E-state index contributed by atoms with van der Waals surface area (Å²) in [6, 6.07) is 10.4. The van der Waals surface area contributed by atoms with Gasteiger partial charge in [0.2, 0.25) is 5.78 Å². The van der Waals surface area contributed by atoms with Gasteiger partial charge in [0.05, 0.1) is 11.6 Å². The first-order valence-corrected chi connectivity index (χ1v) is 14.4. The maximum absolute atomic E-state index is 13.8. The molecular weight excluding hydrogens is 574 g/mol. The number of rotatable bonds is 7. The van der Waals surface area contributed by atoms with Crippen LogP contribution in [0.1, 0.15) is 47.3 Å². The monoisotopic (exact) mass is 609 g/mol. The zero-order valence-corrected chi connectivity index (χ0v) is 25.2. The molecule has 0 saturated carbocycles. The van der Waals surface area contributed by atoms with Gasteiger partial charge < -0.3 is 31.5 Å². The number of nitrogens with two attached hydrogens (primary N) is 1. The lowest BCUT2D eigenvalue weighted by atomic mass is 9.58. The molecule has 1 amide bonds. The molecule has 0 aliphatic heterocycles. The number of phenolic OH excluding ortho intramolecular Hbond substituents is 1. The number of fused-ring (bicyclic) bond motifs is 3. The smallest absolute Gasteiger partial charge is 0.255 e. The minimum absolute atomic E-state index is 0.00338. The molecule has 0 bridgehead atoms. The Balaban J connectivity index is 1.51. The number of hydrogen-bond acceptors (Lipinski definition) is 9. The molecule has 7 N–H and O–H groups in total. The zero-order valence-electron chi connectivity index (χ0n) is 24.4. The summed E-state index contributed by atoms with van der Waals surface area (Å²) in [7, 11) is 3.17. The fourth-order valence-corrected chi connectivity index (χ4v) is 7.28. The Morgan fingerprint density at radius 3 is 2.42 bits per heavy atom. The van der Waals surface area contributed by atoms with Gasteiger partial charge in [0.15, 0.2) is 11.4 Å². The van der Waals surface area contributed by atoms with Crippen LogP contribution in [0.3, 0.4) is 0 Å². The Hall–Kier alpha value is -3.70. The molecule has 228 valence electrons. The van der Waals surface area contributed by atoms with E-state index in [4.69, 9.17) is 17.3 Å². The number of halogens is 1. The Morgan fingerprint density at radius 1 is 1.16 bits per heavy atom. The maximum Gasteiger partial charge on any atom is 0.255 e. The average Bonchev–Trinajstić information content (AvgIpc) is 2.93. The number of hydrogen-bond donors (Lipinski definition) is 6. The van der Waals surface area contributed by atoms with Crippen molar-refractivity contribution >= 4 is 29.1 Å². The topological polar surface area (TPSA) is 173 Å². The molecule has 0 heterocycles. The highest BCUT2D eigenvalue weighted by atomic mass is 35.5. The Morgan fingerprint density at radius 2 is 1.81 bits per heavy atom. The molecule has 0 spiro atoms. The molecule has 0 unspecified atom stereocenters. The summed E-state index contributed by atoms with van der Waals surface area (Å²) in [6.07, 6.45) is 0.126. The van der Waals surface area contributed by atoms with Crippen LogP contribution >= 0.6 is 11.6 Å². The van der Waals surface area contributed by atoms with Gasteiger partial charge in [-0.2, -0.15) is 0 Å². The number of ketones is 2. The van der Waals surface area contributed by atoms with Gasteiger partial charge in [0.1, 0.15) is 22.8 Å². The Kier molecular flexibility index (Phi) is 7.71. The number of Topliss-reactive ketones (excluding diaryl/α,β-unsaturated/α-hetero) is 2. The molecule has 4 atom stereocenters. The molecular formula is C32H36ClN3O7. The number of carbonyl (C=O) groups excluding carboxylic acids is 3. The van der Waals surface area contributed by atoms with Gasteiger partial charge in [-0.25, -0.2) is 0 Å². The molecule has 2 aromatic carbocycles. The van der Waals surface area contributed by atoms with E-state index < -0.39 is 58.0 Å². The fraction of sp³-hybridized carbons (Fsp3) is 0.406. The first-order valence-electron chi connectivity index (χ1n) is 14.1. The number of nitrogens with zero attached hydrogens (tertiary/aromatic N) is 1. The summed E-state index contributed by atoms with van der Waals surface area (Å²) in [5.41, 5.74) is 3.48.